The van der Waals surface area contributed by atoms with E-state index in [-0.39, 0.29) is 0 Å². The van der Waals surface area contributed by atoms with Gasteiger partial charge in [-0.15, -0.1) is 0 Å². The first-order valence-electron chi connectivity index (χ1n) is 19.3. The molecular weight excluding hydrogens is 677 g/mol. The van der Waals surface area contributed by atoms with E-state index in [4.69, 9.17) is 0 Å². The molecule has 56 heavy (non-hydrogen) atoms. The summed E-state index contributed by atoms with van der Waals surface area (Å²) < 4.78 is 2.40. The molecule has 0 bridgehead atoms. The molecule has 262 valence electrons. The normalized spacial score (nSPS) is 11.6. The molecule has 0 aliphatic carbocycles. The van der Waals surface area contributed by atoms with Crippen LogP contribution in [-0.2, 0) is 0 Å². The van der Waals surface area contributed by atoms with Gasteiger partial charge in [-0.1, -0.05) is 152 Å². The van der Waals surface area contributed by atoms with Gasteiger partial charge in [-0.3, -0.25) is 0 Å². The molecule has 1 aromatic heterocycles. The second-order valence-corrected chi connectivity index (χ2v) is 14.6. The highest BCUT2D eigenvalue weighted by Gasteiger charge is 2.16. The van der Waals surface area contributed by atoms with E-state index in [0.717, 1.165) is 22.7 Å². The summed E-state index contributed by atoms with van der Waals surface area (Å²) in [4.78, 5) is 2.37. The van der Waals surface area contributed by atoms with E-state index in [2.05, 4.69) is 228 Å². The number of anilines is 3. The van der Waals surface area contributed by atoms with Crippen molar-refractivity contribution >= 4 is 71.2 Å². The molecule has 0 unspecified atom stereocenters. The third-order valence-corrected chi connectivity index (χ3v) is 11.3. The number of fused-ring (bicyclic) bond motifs is 7. The first-order valence-corrected chi connectivity index (χ1v) is 19.3. The van der Waals surface area contributed by atoms with Crippen molar-refractivity contribution in [3.05, 3.63) is 218 Å². The molecule has 2 heteroatoms. The maximum Gasteiger partial charge on any atom is 0.0547 e. The Kier molecular flexibility index (Phi) is 7.53. The van der Waals surface area contributed by atoms with Gasteiger partial charge in [-0.2, -0.15) is 0 Å². The molecule has 11 aromatic rings. The van der Waals surface area contributed by atoms with Crippen LogP contribution in [0.2, 0.25) is 0 Å². The van der Waals surface area contributed by atoms with Gasteiger partial charge < -0.3 is 9.47 Å². The van der Waals surface area contributed by atoms with E-state index in [1.807, 2.05) is 0 Å². The van der Waals surface area contributed by atoms with Gasteiger partial charge in [-0.25, -0.2) is 0 Å². The summed E-state index contributed by atoms with van der Waals surface area (Å²) in [5, 5.41) is 9.99. The summed E-state index contributed by atoms with van der Waals surface area (Å²) in [5.41, 5.74) is 11.8. The summed E-state index contributed by atoms with van der Waals surface area (Å²) in [6.07, 6.45) is 0. The van der Waals surface area contributed by atoms with E-state index in [1.165, 1.54) is 76.4 Å². The lowest BCUT2D eigenvalue weighted by Gasteiger charge is -2.26. The fourth-order valence-corrected chi connectivity index (χ4v) is 8.57. The van der Waals surface area contributed by atoms with Gasteiger partial charge in [0.1, 0.15) is 0 Å². The SMILES string of the molecule is c1ccc(-c2ccc(N(c3ccc4ccccc4c3)c3ccc4ccc(-c5ccc(-n6c7ccccc7c7c8ccccc8ccc76)cc5)cc4c3)cc2)cc1. The summed E-state index contributed by atoms with van der Waals surface area (Å²) in [6.45, 7) is 0. The van der Waals surface area contributed by atoms with E-state index in [1.54, 1.807) is 0 Å². The van der Waals surface area contributed by atoms with Crippen LogP contribution < -0.4 is 4.90 Å². The molecular formula is C54H36N2. The third kappa shape index (κ3) is 5.42. The van der Waals surface area contributed by atoms with Crippen molar-refractivity contribution < 1.29 is 0 Å². The maximum absolute atomic E-state index is 2.40. The minimum Gasteiger partial charge on any atom is -0.310 e. The Morgan fingerprint density at radius 3 is 1.59 bits per heavy atom. The van der Waals surface area contributed by atoms with Gasteiger partial charge in [0.25, 0.3) is 0 Å². The largest absolute Gasteiger partial charge is 0.310 e. The quantitative estimate of drug-likeness (QED) is 0.167. The van der Waals surface area contributed by atoms with Crippen molar-refractivity contribution in [2.24, 2.45) is 0 Å². The molecule has 0 spiro atoms. The summed E-state index contributed by atoms with van der Waals surface area (Å²) >= 11 is 0. The van der Waals surface area contributed by atoms with E-state index >= 15 is 0 Å². The molecule has 10 aromatic carbocycles. The summed E-state index contributed by atoms with van der Waals surface area (Å²) in [5.74, 6) is 0. The van der Waals surface area contributed by atoms with Crippen molar-refractivity contribution in [1.29, 1.82) is 0 Å². The Morgan fingerprint density at radius 1 is 0.286 bits per heavy atom. The van der Waals surface area contributed by atoms with Crippen LogP contribution in [0.4, 0.5) is 17.1 Å². The second-order valence-electron chi connectivity index (χ2n) is 14.6. The second kappa shape index (κ2) is 13.2. The lowest BCUT2D eigenvalue weighted by atomic mass is 10.00. The number of nitrogens with zero attached hydrogens (tertiary/aromatic N) is 2. The van der Waals surface area contributed by atoms with Crippen LogP contribution in [0.25, 0.3) is 82.1 Å². The van der Waals surface area contributed by atoms with E-state index < -0.39 is 0 Å². The molecule has 0 atom stereocenters. The molecule has 0 fully saturated rings. The van der Waals surface area contributed by atoms with Gasteiger partial charge in [0.2, 0.25) is 0 Å². The van der Waals surface area contributed by atoms with Crippen LogP contribution >= 0.6 is 0 Å². The Morgan fingerprint density at radius 2 is 0.804 bits per heavy atom. The average Bonchev–Trinajstić information content (AvgIpc) is 3.62. The number of para-hydroxylation sites is 1. The van der Waals surface area contributed by atoms with Crippen LogP contribution in [0.1, 0.15) is 0 Å². The highest BCUT2D eigenvalue weighted by Crippen LogP contribution is 2.40. The average molecular weight is 713 g/mol. The lowest BCUT2D eigenvalue weighted by molar-refractivity contribution is 1.18. The Labute approximate surface area is 325 Å². The van der Waals surface area contributed by atoms with Crippen molar-refractivity contribution in [2.45, 2.75) is 0 Å². The first kappa shape index (κ1) is 32.0. The van der Waals surface area contributed by atoms with Crippen molar-refractivity contribution in [3.63, 3.8) is 0 Å². The van der Waals surface area contributed by atoms with Crippen molar-refractivity contribution in [2.75, 3.05) is 4.90 Å². The summed E-state index contributed by atoms with van der Waals surface area (Å²) in [6, 6.07) is 79.5. The topological polar surface area (TPSA) is 8.17 Å². The summed E-state index contributed by atoms with van der Waals surface area (Å²) in [7, 11) is 0. The molecule has 0 aliphatic rings. The zero-order chi connectivity index (χ0) is 37.0. The van der Waals surface area contributed by atoms with Gasteiger partial charge >= 0.3 is 0 Å². The predicted molar refractivity (Wildman–Crippen MR) is 239 cm³/mol. The van der Waals surface area contributed by atoms with Gasteiger partial charge in [0.05, 0.1) is 11.0 Å². The highest BCUT2D eigenvalue weighted by molar-refractivity contribution is 6.21. The molecule has 0 amide bonds. The molecule has 1 heterocycles. The molecule has 0 radical (unpaired) electrons. The minimum atomic E-state index is 1.11. The standard InChI is InChI=1S/C54H36N2/c1-2-10-37(11-3-1)39-20-27-46(28-21-39)55(48-31-24-38-12-4-5-14-43(38)35-48)49-32-25-41-18-19-44(34-45(41)36-49)40-22-29-47(30-23-40)56-52-17-9-8-16-51(52)54-50-15-7-6-13-42(50)26-33-53(54)56/h1-36H. The Hall–Kier alpha value is -7.42. The maximum atomic E-state index is 2.40. The highest BCUT2D eigenvalue weighted by atomic mass is 15.1. The number of hydrogen-bond acceptors (Lipinski definition) is 1. The smallest absolute Gasteiger partial charge is 0.0547 e. The van der Waals surface area contributed by atoms with Crippen LogP contribution in [0, 0.1) is 0 Å². The number of benzene rings is 10. The Bertz CT molecular complexity index is 3230. The van der Waals surface area contributed by atoms with Gasteiger partial charge in [-0.05, 0) is 121 Å². The molecule has 0 saturated heterocycles. The Balaban J connectivity index is 0.988. The van der Waals surface area contributed by atoms with Crippen molar-refractivity contribution in [3.8, 4) is 27.9 Å². The van der Waals surface area contributed by atoms with Crippen LogP contribution in [-0.4, -0.2) is 4.57 Å². The number of hydrogen-bond donors (Lipinski definition) is 0. The zero-order valence-electron chi connectivity index (χ0n) is 30.7. The fraction of sp³-hybridized carbons (Fsp3) is 0. The minimum absolute atomic E-state index is 1.11. The van der Waals surface area contributed by atoms with Crippen LogP contribution in [0.3, 0.4) is 0 Å². The monoisotopic (exact) mass is 712 g/mol. The molecule has 0 N–H and O–H groups in total. The molecule has 2 nitrogen and oxygen atoms in total. The third-order valence-electron chi connectivity index (χ3n) is 11.3. The predicted octanol–water partition coefficient (Wildman–Crippen LogP) is 15.0. The van der Waals surface area contributed by atoms with Crippen LogP contribution in [0.15, 0.2) is 218 Å². The number of aromatic nitrogens is 1. The van der Waals surface area contributed by atoms with Crippen LogP contribution in [0.5, 0.6) is 0 Å². The first-order chi connectivity index (χ1) is 27.7. The molecule has 11 rings (SSSR count). The zero-order valence-corrected chi connectivity index (χ0v) is 30.7. The van der Waals surface area contributed by atoms with Crippen molar-refractivity contribution in [1.82, 2.24) is 4.57 Å². The number of rotatable bonds is 6. The van der Waals surface area contributed by atoms with E-state index in [0.29, 0.717) is 0 Å². The molecule has 0 saturated carbocycles. The van der Waals surface area contributed by atoms with Gasteiger partial charge in [0, 0.05) is 33.5 Å². The fourth-order valence-electron chi connectivity index (χ4n) is 8.57. The molecule has 0 aliphatic heterocycles. The van der Waals surface area contributed by atoms with E-state index in [9.17, 15) is 0 Å². The lowest BCUT2D eigenvalue weighted by Crippen LogP contribution is -2.09. The van der Waals surface area contributed by atoms with Gasteiger partial charge in [0.15, 0.2) is 0 Å².